The first-order valence-electron chi connectivity index (χ1n) is 10.8. The molecule has 2 N–H and O–H groups in total. The van der Waals surface area contributed by atoms with Gasteiger partial charge in [0.1, 0.15) is 26.2 Å². The van der Waals surface area contributed by atoms with Crippen LogP contribution in [0.1, 0.15) is 85.0 Å². The fourth-order valence-corrected chi connectivity index (χ4v) is 4.97. The number of nitrogens with zero attached hydrogens (tertiary/aromatic N) is 4. The van der Waals surface area contributed by atoms with Crippen LogP contribution in [0.4, 0.5) is 0 Å². The van der Waals surface area contributed by atoms with Crippen LogP contribution in [0.15, 0.2) is 0 Å². The van der Waals surface area contributed by atoms with Gasteiger partial charge in [0.2, 0.25) is 5.82 Å². The third-order valence-electron chi connectivity index (χ3n) is 6.36. The second-order valence-electron chi connectivity index (χ2n) is 9.95. The molecule has 2 aliphatic rings. The first-order chi connectivity index (χ1) is 12.4. The summed E-state index contributed by atoms with van der Waals surface area (Å²) in [5.41, 5.74) is -0.0668. The first-order valence-corrected chi connectivity index (χ1v) is 10.8. The van der Waals surface area contributed by atoms with E-state index in [-0.39, 0.29) is 5.54 Å². The lowest BCUT2D eigenvalue weighted by atomic mass is 9.93. The van der Waals surface area contributed by atoms with Crippen LogP contribution in [-0.2, 0) is 5.54 Å². The van der Waals surface area contributed by atoms with Crippen molar-refractivity contribution in [2.75, 3.05) is 26.2 Å². The number of piperazine rings is 1. The Morgan fingerprint density at radius 1 is 1.04 bits per heavy atom. The molecule has 1 atom stereocenters. The molecule has 2 fully saturated rings. The van der Waals surface area contributed by atoms with Crippen molar-refractivity contribution in [3.63, 3.8) is 0 Å². The smallest absolute Gasteiger partial charge is 0.209 e. The van der Waals surface area contributed by atoms with Crippen LogP contribution in [0, 0.1) is 5.92 Å². The monoisotopic (exact) mass is 364 g/mol. The molecule has 0 spiro atoms. The third-order valence-corrected chi connectivity index (χ3v) is 6.36. The number of nitrogens with one attached hydrogen (secondary N) is 2. The number of aromatic nitrogens is 4. The van der Waals surface area contributed by atoms with Gasteiger partial charge in [-0.05, 0) is 62.8 Å². The first kappa shape index (κ1) is 19.7. The molecule has 6 nitrogen and oxygen atoms in total. The molecule has 1 aliphatic heterocycles. The Hall–Kier alpha value is -1.01. The zero-order valence-corrected chi connectivity index (χ0v) is 17.6. The van der Waals surface area contributed by atoms with Gasteiger partial charge in [0.05, 0.1) is 11.6 Å². The summed E-state index contributed by atoms with van der Waals surface area (Å²) >= 11 is 0. The summed E-state index contributed by atoms with van der Waals surface area (Å²) in [5.74, 6) is 1.74. The van der Waals surface area contributed by atoms with Crippen LogP contribution in [-0.4, -0.2) is 52.4 Å². The van der Waals surface area contributed by atoms with E-state index in [1.54, 1.807) is 4.90 Å². The van der Waals surface area contributed by atoms with E-state index in [0.29, 0.717) is 12.0 Å². The van der Waals surface area contributed by atoms with E-state index < -0.39 is 0 Å². The molecule has 3 rings (SSSR count). The van der Waals surface area contributed by atoms with Crippen molar-refractivity contribution in [1.29, 1.82) is 0 Å². The van der Waals surface area contributed by atoms with E-state index in [4.69, 9.17) is 0 Å². The molecule has 1 aliphatic carbocycles. The van der Waals surface area contributed by atoms with Crippen molar-refractivity contribution in [2.24, 2.45) is 5.92 Å². The molecule has 1 aromatic rings. The molecule has 0 unspecified atom stereocenters. The molecular weight excluding hydrogens is 324 g/mol. The van der Waals surface area contributed by atoms with Gasteiger partial charge in [-0.1, -0.05) is 20.3 Å². The summed E-state index contributed by atoms with van der Waals surface area (Å²) in [7, 11) is 0. The Labute approximate surface area is 159 Å². The van der Waals surface area contributed by atoms with Gasteiger partial charge in [0.25, 0.3) is 0 Å². The lowest BCUT2D eigenvalue weighted by Crippen LogP contribution is -3.29. The molecule has 1 saturated carbocycles. The van der Waals surface area contributed by atoms with E-state index >= 15 is 0 Å². The van der Waals surface area contributed by atoms with Crippen LogP contribution in [0.2, 0.25) is 0 Å². The van der Waals surface area contributed by atoms with Gasteiger partial charge in [-0.3, -0.25) is 0 Å². The number of rotatable bonds is 5. The zero-order valence-electron chi connectivity index (χ0n) is 17.6. The van der Waals surface area contributed by atoms with Gasteiger partial charge in [-0.25, -0.2) is 4.68 Å². The molecule has 148 valence electrons. The van der Waals surface area contributed by atoms with Crippen LogP contribution in [0.5, 0.6) is 0 Å². The van der Waals surface area contributed by atoms with Gasteiger partial charge in [-0.15, -0.1) is 5.10 Å². The number of hydrogen-bond acceptors (Lipinski definition) is 3. The van der Waals surface area contributed by atoms with Gasteiger partial charge < -0.3 is 9.80 Å². The maximum absolute atomic E-state index is 4.49. The molecule has 26 heavy (non-hydrogen) atoms. The second-order valence-corrected chi connectivity index (χ2v) is 9.95. The van der Waals surface area contributed by atoms with Crippen molar-refractivity contribution in [2.45, 2.75) is 90.8 Å². The predicted octanol–water partition coefficient (Wildman–Crippen LogP) is 0.631. The molecular formula is C20H40N6+2. The van der Waals surface area contributed by atoms with Crippen molar-refractivity contribution < 1.29 is 9.80 Å². The minimum atomic E-state index is -0.0668. The van der Waals surface area contributed by atoms with E-state index in [9.17, 15) is 0 Å². The van der Waals surface area contributed by atoms with Gasteiger partial charge in [-0.2, -0.15) is 0 Å². The Morgan fingerprint density at radius 2 is 1.69 bits per heavy atom. The van der Waals surface area contributed by atoms with Crippen LogP contribution >= 0.6 is 0 Å². The summed E-state index contributed by atoms with van der Waals surface area (Å²) in [4.78, 5) is 3.56. The summed E-state index contributed by atoms with van der Waals surface area (Å²) in [5, 5.41) is 12.9. The largest absolute Gasteiger partial charge is 0.323 e. The molecule has 1 aromatic heterocycles. The van der Waals surface area contributed by atoms with E-state index in [1.165, 1.54) is 58.3 Å². The van der Waals surface area contributed by atoms with Crippen molar-refractivity contribution in [3.8, 4) is 0 Å². The average molecular weight is 365 g/mol. The van der Waals surface area contributed by atoms with Crippen molar-refractivity contribution in [1.82, 2.24) is 20.2 Å². The molecule has 1 saturated heterocycles. The van der Waals surface area contributed by atoms with E-state index in [2.05, 4.69) is 54.8 Å². The molecule has 6 heteroatoms. The normalized spacial score (nSPS) is 27.0. The minimum Gasteiger partial charge on any atom is -0.323 e. The standard InChI is InChI=1S/C20H38N6/c1-16(2)15-18(19-21-22-23-26(19)20(3,4)5)25-13-11-24(12-14-25)17-9-7-6-8-10-17/h16-18H,6-15H2,1-5H3/p+2/t18-/m1/s1. The Kier molecular flexibility index (Phi) is 6.33. The summed E-state index contributed by atoms with van der Waals surface area (Å²) in [6.45, 7) is 16.3. The van der Waals surface area contributed by atoms with Gasteiger partial charge in [0, 0.05) is 6.42 Å². The molecule has 2 heterocycles. The average Bonchev–Trinajstić information content (AvgIpc) is 3.10. The molecule has 0 radical (unpaired) electrons. The third kappa shape index (κ3) is 4.63. The highest BCUT2D eigenvalue weighted by atomic mass is 15.6. The van der Waals surface area contributed by atoms with Crippen LogP contribution in [0.3, 0.4) is 0 Å². The molecule has 0 bridgehead atoms. The fraction of sp³-hybridized carbons (Fsp3) is 0.950. The van der Waals surface area contributed by atoms with E-state index in [1.807, 2.05) is 4.90 Å². The summed E-state index contributed by atoms with van der Waals surface area (Å²) in [6, 6.07) is 1.34. The second kappa shape index (κ2) is 8.34. The summed E-state index contributed by atoms with van der Waals surface area (Å²) < 4.78 is 2.06. The highest BCUT2D eigenvalue weighted by molar-refractivity contribution is 4.92. The van der Waals surface area contributed by atoms with E-state index in [0.717, 1.165) is 18.3 Å². The molecule has 0 amide bonds. The fourth-order valence-electron chi connectivity index (χ4n) is 4.97. The number of tetrazole rings is 1. The highest BCUT2D eigenvalue weighted by Gasteiger charge is 2.38. The van der Waals surface area contributed by atoms with Gasteiger partial charge >= 0.3 is 0 Å². The van der Waals surface area contributed by atoms with Crippen molar-refractivity contribution in [3.05, 3.63) is 5.82 Å². The highest BCUT2D eigenvalue weighted by Crippen LogP contribution is 2.21. The SMILES string of the molecule is CC(C)C[C@H](c1nnnn1C(C)(C)C)[NH+]1CC[NH+](C2CCCCC2)CC1. The topological polar surface area (TPSA) is 52.5 Å². The van der Waals surface area contributed by atoms with Crippen LogP contribution in [0.25, 0.3) is 0 Å². The van der Waals surface area contributed by atoms with Crippen LogP contribution < -0.4 is 9.80 Å². The Bertz CT molecular complexity index is 547. The summed E-state index contributed by atoms with van der Waals surface area (Å²) in [6.07, 6.45) is 8.39. The maximum Gasteiger partial charge on any atom is 0.209 e. The quantitative estimate of drug-likeness (QED) is 0.806. The number of quaternary nitrogens is 2. The zero-order chi connectivity index (χ0) is 18.7. The Balaban J connectivity index is 1.70. The lowest BCUT2D eigenvalue weighted by molar-refractivity contribution is -1.04. The lowest BCUT2D eigenvalue weighted by Gasteiger charge is -2.39. The predicted molar refractivity (Wildman–Crippen MR) is 103 cm³/mol. The molecule has 0 aromatic carbocycles. The Morgan fingerprint density at radius 3 is 2.27 bits per heavy atom. The number of hydrogen-bond donors (Lipinski definition) is 2. The maximum atomic E-state index is 4.49. The van der Waals surface area contributed by atoms with Gasteiger partial charge in [0.15, 0.2) is 6.04 Å². The van der Waals surface area contributed by atoms with Crippen molar-refractivity contribution >= 4 is 0 Å². The minimum absolute atomic E-state index is 0.0668.